The van der Waals surface area contributed by atoms with E-state index < -0.39 is 0 Å². The number of pyridine rings is 1. The lowest BCUT2D eigenvalue weighted by molar-refractivity contribution is 0.431. The molecule has 0 fully saturated rings. The van der Waals surface area contributed by atoms with Gasteiger partial charge >= 0.3 is 0 Å². The highest BCUT2D eigenvalue weighted by molar-refractivity contribution is 6.16. The maximum absolute atomic E-state index is 5.14. The summed E-state index contributed by atoms with van der Waals surface area (Å²) in [7, 11) is 0. The van der Waals surface area contributed by atoms with Gasteiger partial charge in [-0.25, -0.2) is 0 Å². The van der Waals surface area contributed by atoms with Crippen LogP contribution in [0.4, 0.5) is 0 Å². The molecule has 3 aromatic rings. The number of fused-ring (bicyclic) bond motifs is 2. The van der Waals surface area contributed by atoms with Gasteiger partial charge in [0, 0.05) is 28.6 Å². The molecule has 4 rings (SSSR count). The molecule has 1 aliphatic rings. The zero-order chi connectivity index (χ0) is 16.9. The van der Waals surface area contributed by atoms with Crippen LogP contribution < -0.4 is 0 Å². The summed E-state index contributed by atoms with van der Waals surface area (Å²) in [6.07, 6.45) is 1.85. The lowest BCUT2D eigenvalue weighted by Gasteiger charge is -2.36. The first-order valence-electron chi connectivity index (χ1n) is 8.52. The number of hydrogen-bond acceptors (Lipinski definition) is 2. The number of aromatic nitrogens is 1. The molecule has 2 heteroatoms. The Kier molecular flexibility index (Phi) is 3.31. The summed E-state index contributed by atoms with van der Waals surface area (Å²) in [6.45, 7) is 8.95. The second-order valence-electron chi connectivity index (χ2n) is 7.28. The number of rotatable bonds is 1. The fourth-order valence-corrected chi connectivity index (χ4v) is 3.69. The van der Waals surface area contributed by atoms with Crippen molar-refractivity contribution in [1.82, 2.24) is 4.98 Å². The zero-order valence-corrected chi connectivity index (χ0v) is 14.7. The van der Waals surface area contributed by atoms with Gasteiger partial charge in [-0.2, -0.15) is 0 Å². The summed E-state index contributed by atoms with van der Waals surface area (Å²) in [6, 6.07) is 17.1. The standard InChI is InChI=1S/C22H22N2/c1-14-7-5-9-18-20(14)15(2)22(3,4)24-21(18)17-11-10-16-8-6-12-23-19(16)13-17/h5-13,15H,1-4H3. The fraction of sp³-hybridized carbons (Fsp3) is 0.273. The second-order valence-corrected chi connectivity index (χ2v) is 7.28. The zero-order valence-electron chi connectivity index (χ0n) is 14.7. The van der Waals surface area contributed by atoms with Crippen LogP contribution in [0, 0.1) is 6.92 Å². The Morgan fingerprint density at radius 1 is 1.00 bits per heavy atom. The Morgan fingerprint density at radius 3 is 2.67 bits per heavy atom. The molecule has 0 radical (unpaired) electrons. The van der Waals surface area contributed by atoms with Gasteiger partial charge in [0.2, 0.25) is 0 Å². The number of aryl methyl sites for hydroxylation is 1. The van der Waals surface area contributed by atoms with Crippen LogP contribution in [0.3, 0.4) is 0 Å². The molecule has 0 bridgehead atoms. The Morgan fingerprint density at radius 2 is 1.83 bits per heavy atom. The van der Waals surface area contributed by atoms with E-state index in [1.165, 1.54) is 16.7 Å². The van der Waals surface area contributed by atoms with E-state index in [9.17, 15) is 0 Å². The second kappa shape index (κ2) is 5.27. The van der Waals surface area contributed by atoms with Crippen molar-refractivity contribution in [2.45, 2.75) is 39.2 Å². The fourth-order valence-electron chi connectivity index (χ4n) is 3.69. The highest BCUT2D eigenvalue weighted by Crippen LogP contribution is 2.40. The summed E-state index contributed by atoms with van der Waals surface area (Å²) in [5, 5.41) is 1.16. The van der Waals surface area contributed by atoms with Crippen molar-refractivity contribution in [1.29, 1.82) is 0 Å². The first-order chi connectivity index (χ1) is 11.5. The molecule has 1 atom stereocenters. The largest absolute Gasteiger partial charge is 0.277 e. The minimum absolute atomic E-state index is 0.118. The van der Waals surface area contributed by atoms with E-state index in [2.05, 4.69) is 75.1 Å². The van der Waals surface area contributed by atoms with Crippen LogP contribution in [0.1, 0.15) is 48.9 Å². The number of nitrogens with zero attached hydrogens (tertiary/aromatic N) is 2. The van der Waals surface area contributed by atoms with E-state index in [-0.39, 0.29) is 5.54 Å². The van der Waals surface area contributed by atoms with Crippen molar-refractivity contribution in [3.8, 4) is 0 Å². The molecular formula is C22H22N2. The van der Waals surface area contributed by atoms with Gasteiger partial charge in [0.1, 0.15) is 0 Å². The Balaban J connectivity index is 1.97. The van der Waals surface area contributed by atoms with Crippen LogP contribution in [0.15, 0.2) is 59.7 Å². The summed E-state index contributed by atoms with van der Waals surface area (Å²) in [4.78, 5) is 9.65. The van der Waals surface area contributed by atoms with Crippen molar-refractivity contribution < 1.29 is 0 Å². The van der Waals surface area contributed by atoms with Crippen molar-refractivity contribution >= 4 is 16.6 Å². The first-order valence-corrected chi connectivity index (χ1v) is 8.52. The van der Waals surface area contributed by atoms with Crippen molar-refractivity contribution in [2.24, 2.45) is 4.99 Å². The number of aliphatic imine (C=N–C) groups is 1. The normalized spacial score (nSPS) is 19.0. The molecule has 0 amide bonds. The molecule has 1 unspecified atom stereocenters. The Hall–Kier alpha value is -2.48. The molecule has 0 N–H and O–H groups in total. The Bertz CT molecular complexity index is 967. The summed E-state index contributed by atoms with van der Waals surface area (Å²) >= 11 is 0. The maximum Gasteiger partial charge on any atom is 0.0729 e. The number of hydrogen-bond donors (Lipinski definition) is 0. The van der Waals surface area contributed by atoms with Gasteiger partial charge in [0.05, 0.1) is 16.8 Å². The third-order valence-corrected chi connectivity index (χ3v) is 5.35. The SMILES string of the molecule is Cc1cccc2c1C(C)C(C)(C)N=C2c1ccc2cccnc2c1. The maximum atomic E-state index is 5.14. The molecule has 1 aliphatic heterocycles. The van der Waals surface area contributed by atoms with Crippen molar-refractivity contribution in [2.75, 3.05) is 0 Å². The van der Waals surface area contributed by atoms with Crippen LogP contribution in [-0.4, -0.2) is 16.2 Å². The lowest BCUT2D eigenvalue weighted by Crippen LogP contribution is -2.33. The van der Waals surface area contributed by atoms with Crippen LogP contribution in [-0.2, 0) is 0 Å². The van der Waals surface area contributed by atoms with Crippen molar-refractivity contribution in [3.63, 3.8) is 0 Å². The van der Waals surface area contributed by atoms with Gasteiger partial charge in [-0.3, -0.25) is 9.98 Å². The molecule has 0 saturated heterocycles. The first kappa shape index (κ1) is 15.1. The third kappa shape index (κ3) is 2.25. The van der Waals surface area contributed by atoms with Gasteiger partial charge in [-0.05, 0) is 44.0 Å². The van der Waals surface area contributed by atoms with Gasteiger partial charge in [0.15, 0.2) is 0 Å². The number of benzene rings is 2. The highest BCUT2D eigenvalue weighted by atomic mass is 14.9. The highest BCUT2D eigenvalue weighted by Gasteiger charge is 2.35. The molecule has 2 heterocycles. The Labute approximate surface area is 143 Å². The molecule has 120 valence electrons. The van der Waals surface area contributed by atoms with Crippen LogP contribution in [0.25, 0.3) is 10.9 Å². The van der Waals surface area contributed by atoms with Crippen molar-refractivity contribution in [3.05, 3.63) is 77.0 Å². The molecular weight excluding hydrogens is 292 g/mol. The van der Waals surface area contributed by atoms with Gasteiger partial charge in [-0.1, -0.05) is 43.3 Å². The van der Waals surface area contributed by atoms with E-state index in [0.717, 1.165) is 22.2 Å². The lowest BCUT2D eigenvalue weighted by atomic mass is 9.75. The summed E-state index contributed by atoms with van der Waals surface area (Å²) in [5.74, 6) is 0.399. The quantitative estimate of drug-likeness (QED) is 0.600. The molecule has 0 saturated carbocycles. The smallest absolute Gasteiger partial charge is 0.0729 e. The minimum Gasteiger partial charge on any atom is -0.277 e. The van der Waals surface area contributed by atoms with Crippen LogP contribution in [0.5, 0.6) is 0 Å². The van der Waals surface area contributed by atoms with E-state index in [4.69, 9.17) is 4.99 Å². The molecule has 2 aromatic carbocycles. The van der Waals surface area contributed by atoms with Gasteiger partial charge in [0.25, 0.3) is 0 Å². The molecule has 2 nitrogen and oxygen atoms in total. The van der Waals surface area contributed by atoms with E-state index >= 15 is 0 Å². The van der Waals surface area contributed by atoms with Gasteiger partial charge < -0.3 is 0 Å². The average molecular weight is 314 g/mol. The monoisotopic (exact) mass is 314 g/mol. The van der Waals surface area contributed by atoms with Gasteiger partial charge in [-0.15, -0.1) is 0 Å². The van der Waals surface area contributed by atoms with E-state index in [1.807, 2.05) is 12.3 Å². The summed E-state index contributed by atoms with van der Waals surface area (Å²) in [5.41, 5.74) is 7.17. The molecule has 0 aliphatic carbocycles. The predicted molar refractivity (Wildman–Crippen MR) is 101 cm³/mol. The third-order valence-electron chi connectivity index (χ3n) is 5.35. The predicted octanol–water partition coefficient (Wildman–Crippen LogP) is 5.28. The van der Waals surface area contributed by atoms with Crippen LogP contribution >= 0.6 is 0 Å². The summed E-state index contributed by atoms with van der Waals surface area (Å²) < 4.78 is 0. The topological polar surface area (TPSA) is 25.2 Å². The van der Waals surface area contributed by atoms with Crippen LogP contribution in [0.2, 0.25) is 0 Å². The molecule has 0 spiro atoms. The average Bonchev–Trinajstić information content (AvgIpc) is 2.58. The minimum atomic E-state index is -0.118. The molecule has 1 aromatic heterocycles. The van der Waals surface area contributed by atoms with E-state index in [0.29, 0.717) is 5.92 Å². The van der Waals surface area contributed by atoms with E-state index in [1.54, 1.807) is 0 Å². The molecule has 24 heavy (non-hydrogen) atoms.